The molecule has 0 aliphatic carbocycles. The van der Waals surface area contributed by atoms with E-state index < -0.39 is 18.4 Å². The highest BCUT2D eigenvalue weighted by molar-refractivity contribution is 5.88. The molecule has 2 aliphatic heterocycles. The summed E-state index contributed by atoms with van der Waals surface area (Å²) in [4.78, 5) is 18.9. The highest BCUT2D eigenvalue weighted by atomic mass is 16.6. The zero-order valence-electron chi connectivity index (χ0n) is 8.63. The highest BCUT2D eigenvalue weighted by Gasteiger charge is 2.26. The molecular formula is C9H14O7. The molecule has 0 saturated carbocycles. The van der Waals surface area contributed by atoms with E-state index in [2.05, 4.69) is 0 Å². The molecule has 2 unspecified atom stereocenters. The second kappa shape index (κ2) is 6.41. The van der Waals surface area contributed by atoms with Crippen LogP contribution in [0.15, 0.2) is 0 Å². The molecule has 0 aromatic rings. The van der Waals surface area contributed by atoms with Crippen molar-refractivity contribution < 1.29 is 34.0 Å². The fraction of sp³-hybridized carbons (Fsp3) is 0.778. The average Bonchev–Trinajstić information content (AvgIpc) is 2.96. The fourth-order valence-electron chi connectivity index (χ4n) is 0.789. The van der Waals surface area contributed by atoms with Gasteiger partial charge >= 0.3 is 11.9 Å². The first-order valence-electron chi connectivity index (χ1n) is 4.82. The van der Waals surface area contributed by atoms with E-state index in [1.165, 1.54) is 0 Å². The summed E-state index contributed by atoms with van der Waals surface area (Å²) in [6.45, 7) is 3.26. The first-order chi connectivity index (χ1) is 7.58. The third kappa shape index (κ3) is 8.16. The molecule has 16 heavy (non-hydrogen) atoms. The van der Waals surface area contributed by atoms with Crippen molar-refractivity contribution in [3.05, 3.63) is 0 Å². The Morgan fingerprint density at radius 2 is 1.44 bits per heavy atom. The lowest BCUT2D eigenvalue weighted by Crippen LogP contribution is -2.06. The number of carboxylic acid groups (broad SMARTS) is 2. The minimum Gasteiger partial charge on any atom is -0.481 e. The van der Waals surface area contributed by atoms with Gasteiger partial charge in [0.05, 0.1) is 26.4 Å². The molecule has 2 saturated heterocycles. The third-order valence-electron chi connectivity index (χ3n) is 1.71. The van der Waals surface area contributed by atoms with E-state index in [1.807, 2.05) is 0 Å². The molecule has 2 N–H and O–H groups in total. The molecule has 0 amide bonds. The average molecular weight is 234 g/mol. The van der Waals surface area contributed by atoms with Crippen LogP contribution in [0.2, 0.25) is 0 Å². The lowest BCUT2D eigenvalue weighted by atomic mass is 10.5. The van der Waals surface area contributed by atoms with Crippen molar-refractivity contribution in [2.45, 2.75) is 18.6 Å². The van der Waals surface area contributed by atoms with Gasteiger partial charge in [0.25, 0.3) is 0 Å². The lowest BCUT2D eigenvalue weighted by molar-refractivity contribution is -0.147. The number of rotatable bonds is 6. The van der Waals surface area contributed by atoms with Crippen LogP contribution in [-0.4, -0.2) is 60.8 Å². The van der Waals surface area contributed by atoms with E-state index in [1.54, 1.807) is 0 Å². The zero-order valence-corrected chi connectivity index (χ0v) is 8.63. The number of ether oxygens (including phenoxy) is 3. The minimum absolute atomic E-state index is 0.392. The van der Waals surface area contributed by atoms with Crippen LogP contribution in [0.5, 0.6) is 0 Å². The molecule has 2 atom stereocenters. The van der Waals surface area contributed by atoms with E-state index in [9.17, 15) is 9.59 Å². The van der Waals surface area contributed by atoms with Gasteiger partial charge in [0.2, 0.25) is 0 Å². The first-order valence-corrected chi connectivity index (χ1v) is 4.82. The molecule has 7 nitrogen and oxygen atoms in total. The number of epoxide rings is 2. The Bertz CT molecular complexity index is 220. The van der Waals surface area contributed by atoms with Crippen molar-refractivity contribution in [3.63, 3.8) is 0 Å². The molecular weight excluding hydrogens is 220 g/mol. The maximum absolute atomic E-state index is 9.43. The van der Waals surface area contributed by atoms with Gasteiger partial charge in [-0.3, -0.25) is 9.59 Å². The molecule has 0 aromatic heterocycles. The Labute approximate surface area is 91.9 Å². The van der Waals surface area contributed by atoms with Gasteiger partial charge in [-0.15, -0.1) is 0 Å². The van der Waals surface area contributed by atoms with Crippen molar-refractivity contribution in [2.75, 3.05) is 26.4 Å². The van der Waals surface area contributed by atoms with Gasteiger partial charge in [-0.25, -0.2) is 0 Å². The topological polar surface area (TPSA) is 109 Å². The smallest absolute Gasteiger partial charge is 0.314 e. The maximum Gasteiger partial charge on any atom is 0.314 e. The van der Waals surface area contributed by atoms with Crippen molar-refractivity contribution >= 4 is 11.9 Å². The van der Waals surface area contributed by atoms with Gasteiger partial charge < -0.3 is 24.4 Å². The normalized spacial score (nSPS) is 25.2. The number of hydrogen-bond acceptors (Lipinski definition) is 5. The maximum atomic E-state index is 9.43. The van der Waals surface area contributed by atoms with Gasteiger partial charge in [0.1, 0.15) is 18.6 Å². The van der Waals surface area contributed by atoms with Crippen molar-refractivity contribution in [3.8, 4) is 0 Å². The summed E-state index contributed by atoms with van der Waals surface area (Å²) in [6.07, 6.45) is -0.0208. The van der Waals surface area contributed by atoms with E-state index in [0.717, 1.165) is 26.4 Å². The molecule has 2 rings (SSSR count). The SMILES string of the molecule is C(OCC1CO1)C1CO1.O=C(O)CC(=O)O. The Kier molecular flexibility index (Phi) is 5.17. The zero-order chi connectivity index (χ0) is 12.0. The number of carbonyl (C=O) groups is 2. The highest BCUT2D eigenvalue weighted by Crippen LogP contribution is 2.12. The Morgan fingerprint density at radius 1 is 1.06 bits per heavy atom. The van der Waals surface area contributed by atoms with Crippen molar-refractivity contribution in [1.29, 1.82) is 0 Å². The quantitative estimate of drug-likeness (QED) is 0.464. The summed E-state index contributed by atoms with van der Waals surface area (Å²) >= 11 is 0. The standard InChI is InChI=1S/C6H10O3.C3H4O4/c1(5-3-8-5)7-2-6-4-9-6;4-2(5)1-3(6)7/h5-6H,1-4H2;1H2,(H,4,5)(H,6,7). The van der Waals surface area contributed by atoms with Gasteiger partial charge in [0.15, 0.2) is 0 Å². The van der Waals surface area contributed by atoms with Gasteiger partial charge in [-0.2, -0.15) is 0 Å². The third-order valence-corrected chi connectivity index (χ3v) is 1.71. The molecule has 0 aromatic carbocycles. The number of carboxylic acids is 2. The summed E-state index contributed by atoms with van der Waals surface area (Å²) in [7, 11) is 0. The predicted molar refractivity (Wildman–Crippen MR) is 50.2 cm³/mol. The Morgan fingerprint density at radius 3 is 1.62 bits per heavy atom. The van der Waals surface area contributed by atoms with Gasteiger partial charge in [0, 0.05) is 0 Å². The van der Waals surface area contributed by atoms with Crippen LogP contribution in [0.1, 0.15) is 6.42 Å². The molecule has 0 spiro atoms. The molecule has 2 aliphatic rings. The molecule has 2 fully saturated rings. The summed E-state index contributed by atoms with van der Waals surface area (Å²) in [5.74, 6) is -2.62. The van der Waals surface area contributed by atoms with E-state index >= 15 is 0 Å². The van der Waals surface area contributed by atoms with Gasteiger partial charge in [-0.1, -0.05) is 0 Å². The predicted octanol–water partition coefficient (Wildman–Crippen LogP) is -0.654. The second-order valence-corrected chi connectivity index (χ2v) is 3.41. The fourth-order valence-corrected chi connectivity index (χ4v) is 0.789. The summed E-state index contributed by atoms with van der Waals surface area (Å²) in [5.41, 5.74) is 0. The van der Waals surface area contributed by atoms with Crippen LogP contribution < -0.4 is 0 Å². The number of hydrogen-bond donors (Lipinski definition) is 2. The molecule has 92 valence electrons. The second-order valence-electron chi connectivity index (χ2n) is 3.41. The van der Waals surface area contributed by atoms with Crippen LogP contribution in [0.25, 0.3) is 0 Å². The Hall–Kier alpha value is -1.18. The molecule has 0 radical (unpaired) electrons. The number of aliphatic carboxylic acids is 2. The van der Waals surface area contributed by atoms with E-state index in [0.29, 0.717) is 12.2 Å². The van der Waals surface area contributed by atoms with Crippen molar-refractivity contribution in [2.24, 2.45) is 0 Å². The molecule has 7 heteroatoms. The lowest BCUT2D eigenvalue weighted by Gasteiger charge is -1.95. The summed E-state index contributed by atoms with van der Waals surface area (Å²) in [6, 6.07) is 0. The van der Waals surface area contributed by atoms with Crippen LogP contribution in [-0.2, 0) is 23.8 Å². The van der Waals surface area contributed by atoms with Crippen LogP contribution in [0.4, 0.5) is 0 Å². The summed E-state index contributed by atoms with van der Waals surface area (Å²) < 4.78 is 15.1. The van der Waals surface area contributed by atoms with Gasteiger partial charge in [-0.05, 0) is 0 Å². The Balaban J connectivity index is 0.000000168. The largest absolute Gasteiger partial charge is 0.481 e. The minimum atomic E-state index is -1.31. The van der Waals surface area contributed by atoms with Crippen LogP contribution in [0.3, 0.4) is 0 Å². The monoisotopic (exact) mass is 234 g/mol. The molecule has 2 heterocycles. The first kappa shape index (κ1) is 12.9. The van der Waals surface area contributed by atoms with Crippen LogP contribution >= 0.6 is 0 Å². The van der Waals surface area contributed by atoms with E-state index in [4.69, 9.17) is 24.4 Å². The van der Waals surface area contributed by atoms with E-state index in [-0.39, 0.29) is 0 Å². The summed E-state index contributed by atoms with van der Waals surface area (Å²) in [5, 5.41) is 15.4. The molecule has 0 bridgehead atoms. The van der Waals surface area contributed by atoms with Crippen molar-refractivity contribution in [1.82, 2.24) is 0 Å². The van der Waals surface area contributed by atoms with Crippen LogP contribution in [0, 0.1) is 0 Å².